The van der Waals surface area contributed by atoms with Crippen molar-refractivity contribution in [2.75, 3.05) is 31.1 Å². The van der Waals surface area contributed by atoms with Crippen molar-refractivity contribution in [1.29, 1.82) is 0 Å². The summed E-state index contributed by atoms with van der Waals surface area (Å²) in [5, 5.41) is 13.1. The minimum Gasteiger partial charge on any atom is -0.480 e. The molecular formula is C13H22N2O4S. The Balaban J connectivity index is 1.71. The van der Waals surface area contributed by atoms with Crippen LogP contribution in [0.15, 0.2) is 0 Å². The van der Waals surface area contributed by atoms with E-state index in [1.807, 2.05) is 4.90 Å². The summed E-state index contributed by atoms with van der Waals surface area (Å²) in [5.41, 5.74) is -0.873. The number of nitrogens with one attached hydrogen (secondary N) is 1. The number of carbonyl (C=O) groups is 1. The summed E-state index contributed by atoms with van der Waals surface area (Å²) in [6, 6.07) is 0.334. The first-order valence-corrected chi connectivity index (χ1v) is 9.17. The number of rotatable bonds is 6. The molecule has 114 valence electrons. The fraction of sp³-hybridized carbons (Fsp3) is 0.923. The van der Waals surface area contributed by atoms with Crippen LogP contribution in [-0.4, -0.2) is 67.1 Å². The standard InChI is InChI=1S/C13H22N2O4S/c16-12(17)13(10-1-2-10,14-11-3-4-11)9-15-5-7-20(18,19)8-6-15/h10-11,14H,1-9H2,(H,16,17). The van der Waals surface area contributed by atoms with Crippen LogP contribution in [0.5, 0.6) is 0 Å². The third-order valence-corrected chi connectivity index (χ3v) is 6.21. The van der Waals surface area contributed by atoms with Crippen LogP contribution in [0.1, 0.15) is 25.7 Å². The number of hydrogen-bond acceptors (Lipinski definition) is 5. The van der Waals surface area contributed by atoms with Crippen LogP contribution in [0.4, 0.5) is 0 Å². The highest BCUT2D eigenvalue weighted by molar-refractivity contribution is 7.91. The van der Waals surface area contributed by atoms with E-state index in [9.17, 15) is 18.3 Å². The second kappa shape index (κ2) is 4.96. The summed E-state index contributed by atoms with van der Waals surface area (Å²) in [6.07, 6.45) is 4.02. The summed E-state index contributed by atoms with van der Waals surface area (Å²) >= 11 is 0. The van der Waals surface area contributed by atoms with E-state index in [0.717, 1.165) is 25.7 Å². The van der Waals surface area contributed by atoms with Gasteiger partial charge in [-0.25, -0.2) is 8.42 Å². The van der Waals surface area contributed by atoms with Gasteiger partial charge in [-0.2, -0.15) is 0 Å². The van der Waals surface area contributed by atoms with Gasteiger partial charge in [0.1, 0.15) is 5.54 Å². The van der Waals surface area contributed by atoms with Gasteiger partial charge >= 0.3 is 5.97 Å². The van der Waals surface area contributed by atoms with Crippen molar-refractivity contribution in [3.63, 3.8) is 0 Å². The van der Waals surface area contributed by atoms with E-state index in [4.69, 9.17) is 0 Å². The molecular weight excluding hydrogens is 280 g/mol. The second-order valence-corrected chi connectivity index (χ2v) is 8.70. The average Bonchev–Trinajstić information content (AvgIpc) is 3.24. The molecule has 0 bridgehead atoms. The first-order chi connectivity index (χ1) is 9.41. The zero-order valence-electron chi connectivity index (χ0n) is 11.5. The fourth-order valence-electron chi connectivity index (χ4n) is 3.03. The Labute approximate surface area is 119 Å². The molecule has 0 spiro atoms. The van der Waals surface area contributed by atoms with Crippen molar-refractivity contribution in [3.05, 3.63) is 0 Å². The summed E-state index contributed by atoms with van der Waals surface area (Å²) in [6.45, 7) is 1.34. The summed E-state index contributed by atoms with van der Waals surface area (Å²) < 4.78 is 22.9. The third-order valence-electron chi connectivity index (χ3n) is 4.60. The number of carboxylic acid groups (broad SMARTS) is 1. The van der Waals surface area contributed by atoms with Crippen molar-refractivity contribution in [2.24, 2.45) is 5.92 Å². The summed E-state index contributed by atoms with van der Waals surface area (Å²) in [4.78, 5) is 13.9. The van der Waals surface area contributed by atoms with Crippen LogP contribution >= 0.6 is 0 Å². The molecule has 3 aliphatic rings. The van der Waals surface area contributed by atoms with Crippen molar-refractivity contribution in [3.8, 4) is 0 Å². The molecule has 0 radical (unpaired) electrons. The molecule has 1 heterocycles. The van der Waals surface area contributed by atoms with Crippen molar-refractivity contribution in [2.45, 2.75) is 37.3 Å². The molecule has 1 unspecified atom stereocenters. The monoisotopic (exact) mass is 302 g/mol. The van der Waals surface area contributed by atoms with Gasteiger partial charge in [0.2, 0.25) is 0 Å². The Morgan fingerprint density at radius 2 is 1.80 bits per heavy atom. The van der Waals surface area contributed by atoms with E-state index < -0.39 is 21.3 Å². The molecule has 0 aromatic carbocycles. The Morgan fingerprint density at radius 3 is 2.25 bits per heavy atom. The third kappa shape index (κ3) is 2.99. The Kier molecular flexibility index (Phi) is 3.54. The van der Waals surface area contributed by atoms with Gasteiger partial charge in [-0.3, -0.25) is 15.0 Å². The number of aliphatic carboxylic acids is 1. The van der Waals surface area contributed by atoms with Crippen molar-refractivity contribution < 1.29 is 18.3 Å². The van der Waals surface area contributed by atoms with Gasteiger partial charge < -0.3 is 5.11 Å². The van der Waals surface area contributed by atoms with Gasteiger partial charge in [0.05, 0.1) is 11.5 Å². The first kappa shape index (κ1) is 14.3. The van der Waals surface area contributed by atoms with Crippen molar-refractivity contribution >= 4 is 15.8 Å². The number of carboxylic acids is 1. The molecule has 0 aromatic rings. The Hall–Kier alpha value is -0.660. The smallest absolute Gasteiger partial charge is 0.325 e. The molecule has 2 saturated carbocycles. The highest BCUT2D eigenvalue weighted by Crippen LogP contribution is 2.42. The molecule has 1 atom stereocenters. The van der Waals surface area contributed by atoms with Gasteiger partial charge in [0.15, 0.2) is 9.84 Å². The maximum Gasteiger partial charge on any atom is 0.325 e. The molecule has 3 rings (SSSR count). The van der Waals surface area contributed by atoms with Crippen LogP contribution in [0.2, 0.25) is 0 Å². The van der Waals surface area contributed by atoms with Crippen LogP contribution < -0.4 is 5.32 Å². The number of sulfone groups is 1. The second-order valence-electron chi connectivity index (χ2n) is 6.40. The molecule has 1 saturated heterocycles. The van der Waals surface area contributed by atoms with E-state index >= 15 is 0 Å². The predicted molar refractivity (Wildman–Crippen MR) is 74.3 cm³/mol. The summed E-state index contributed by atoms with van der Waals surface area (Å²) in [7, 11) is -2.92. The molecule has 2 N–H and O–H groups in total. The molecule has 7 heteroatoms. The lowest BCUT2D eigenvalue weighted by molar-refractivity contribution is -0.147. The number of nitrogens with zero attached hydrogens (tertiary/aromatic N) is 1. The Bertz CT molecular complexity index is 485. The van der Waals surface area contributed by atoms with Crippen LogP contribution in [0.25, 0.3) is 0 Å². The molecule has 6 nitrogen and oxygen atoms in total. The Morgan fingerprint density at radius 1 is 1.20 bits per heavy atom. The van der Waals surface area contributed by atoms with Crippen LogP contribution in [0, 0.1) is 5.92 Å². The molecule has 2 aliphatic carbocycles. The molecule has 0 amide bonds. The maximum atomic E-state index is 11.9. The molecule has 20 heavy (non-hydrogen) atoms. The zero-order chi connectivity index (χ0) is 14.4. The number of hydrogen-bond donors (Lipinski definition) is 2. The van der Waals surface area contributed by atoms with Gasteiger partial charge in [-0.15, -0.1) is 0 Å². The van der Waals surface area contributed by atoms with Crippen LogP contribution in [-0.2, 0) is 14.6 Å². The van der Waals surface area contributed by atoms with E-state index in [0.29, 0.717) is 25.7 Å². The van der Waals surface area contributed by atoms with Gasteiger partial charge in [-0.05, 0) is 31.6 Å². The molecule has 0 aromatic heterocycles. The molecule has 1 aliphatic heterocycles. The lowest BCUT2D eigenvalue weighted by Crippen LogP contribution is -2.62. The zero-order valence-corrected chi connectivity index (χ0v) is 12.4. The quantitative estimate of drug-likeness (QED) is 0.701. The fourth-order valence-corrected chi connectivity index (χ4v) is 4.30. The lowest BCUT2D eigenvalue weighted by Gasteiger charge is -2.38. The largest absolute Gasteiger partial charge is 0.480 e. The highest BCUT2D eigenvalue weighted by atomic mass is 32.2. The molecule has 3 fully saturated rings. The minimum absolute atomic E-state index is 0.150. The van der Waals surface area contributed by atoms with Gasteiger partial charge in [-0.1, -0.05) is 0 Å². The van der Waals surface area contributed by atoms with Crippen molar-refractivity contribution in [1.82, 2.24) is 10.2 Å². The van der Waals surface area contributed by atoms with E-state index in [-0.39, 0.29) is 17.4 Å². The SMILES string of the molecule is O=C(O)C(CN1CCS(=O)(=O)CC1)(NC1CC1)C1CC1. The minimum atomic E-state index is -2.92. The van der Waals surface area contributed by atoms with E-state index in [1.54, 1.807) is 0 Å². The van der Waals surface area contributed by atoms with Crippen LogP contribution in [0.3, 0.4) is 0 Å². The van der Waals surface area contributed by atoms with Gasteiger partial charge in [0.25, 0.3) is 0 Å². The normalized spacial score (nSPS) is 29.8. The first-order valence-electron chi connectivity index (χ1n) is 7.35. The average molecular weight is 302 g/mol. The lowest BCUT2D eigenvalue weighted by atomic mass is 9.92. The topological polar surface area (TPSA) is 86.7 Å². The predicted octanol–water partition coefficient (Wildman–Crippen LogP) is -0.298. The van der Waals surface area contributed by atoms with E-state index in [2.05, 4.69) is 5.32 Å². The summed E-state index contributed by atoms with van der Waals surface area (Å²) in [5.74, 6) is -0.285. The van der Waals surface area contributed by atoms with E-state index in [1.165, 1.54) is 0 Å². The van der Waals surface area contributed by atoms with Gasteiger partial charge in [0, 0.05) is 25.7 Å². The highest BCUT2D eigenvalue weighted by Gasteiger charge is 2.54. The maximum absolute atomic E-state index is 11.9.